The Hall–Kier alpha value is -1.55. The molecule has 2 heterocycles. The summed E-state index contributed by atoms with van der Waals surface area (Å²) in [5.74, 6) is -0.801. The van der Waals surface area contributed by atoms with Crippen molar-refractivity contribution < 1.29 is 9.90 Å². The van der Waals surface area contributed by atoms with E-state index in [4.69, 9.17) is 0 Å². The van der Waals surface area contributed by atoms with Crippen LogP contribution in [0, 0.1) is 0 Å². The minimum absolute atomic E-state index is 0.484. The van der Waals surface area contributed by atoms with Crippen LogP contribution in [-0.2, 0) is 6.42 Å². The van der Waals surface area contributed by atoms with Gasteiger partial charge >= 0.3 is 5.97 Å². The second-order valence-electron chi connectivity index (χ2n) is 6.41. The molecule has 0 saturated carbocycles. The van der Waals surface area contributed by atoms with Gasteiger partial charge in [0.1, 0.15) is 0 Å². The minimum atomic E-state index is -0.801. The SMILES string of the molecule is CC1CC(N2CCCc3c(C(=O)O)cccc32)CCN1C. The quantitative estimate of drug-likeness (QED) is 0.908. The van der Waals surface area contributed by atoms with Gasteiger partial charge in [0.15, 0.2) is 0 Å². The fraction of sp³-hybridized carbons (Fsp3) is 0.588. The molecule has 114 valence electrons. The molecule has 2 unspecified atom stereocenters. The van der Waals surface area contributed by atoms with E-state index in [1.54, 1.807) is 6.07 Å². The molecule has 0 amide bonds. The lowest BCUT2D eigenvalue weighted by atomic mass is 9.91. The van der Waals surface area contributed by atoms with E-state index in [9.17, 15) is 9.90 Å². The number of nitrogens with zero attached hydrogens (tertiary/aromatic N) is 2. The molecule has 2 atom stereocenters. The van der Waals surface area contributed by atoms with Crippen molar-refractivity contribution in [1.29, 1.82) is 0 Å². The zero-order chi connectivity index (χ0) is 15.0. The summed E-state index contributed by atoms with van der Waals surface area (Å²) in [5, 5.41) is 9.39. The average molecular weight is 288 g/mol. The third-order valence-corrected chi connectivity index (χ3v) is 5.14. The van der Waals surface area contributed by atoms with Gasteiger partial charge < -0.3 is 14.9 Å². The number of hydrogen-bond acceptors (Lipinski definition) is 3. The van der Waals surface area contributed by atoms with Gasteiger partial charge in [-0.2, -0.15) is 0 Å². The number of fused-ring (bicyclic) bond motifs is 1. The third kappa shape index (κ3) is 2.64. The van der Waals surface area contributed by atoms with Crippen molar-refractivity contribution in [3.05, 3.63) is 29.3 Å². The first-order chi connectivity index (χ1) is 10.1. The van der Waals surface area contributed by atoms with Gasteiger partial charge in [-0.05, 0) is 57.4 Å². The van der Waals surface area contributed by atoms with Crippen molar-refractivity contribution in [2.45, 2.75) is 44.7 Å². The standard InChI is InChI=1S/C17H24N2O2/c1-12-11-13(8-10-18(12)2)19-9-4-6-14-15(17(20)21)5-3-7-16(14)19/h3,5,7,12-13H,4,6,8-11H2,1-2H3,(H,20,21). The molecule has 4 heteroatoms. The van der Waals surface area contributed by atoms with Crippen LogP contribution in [0.2, 0.25) is 0 Å². The maximum atomic E-state index is 11.4. The lowest BCUT2D eigenvalue weighted by Gasteiger charge is -2.44. The molecular formula is C17H24N2O2. The van der Waals surface area contributed by atoms with Gasteiger partial charge in [-0.25, -0.2) is 4.79 Å². The van der Waals surface area contributed by atoms with Crippen LogP contribution in [-0.4, -0.2) is 48.2 Å². The van der Waals surface area contributed by atoms with Gasteiger partial charge in [0.25, 0.3) is 0 Å². The van der Waals surface area contributed by atoms with Crippen LogP contribution >= 0.6 is 0 Å². The van der Waals surface area contributed by atoms with Crippen molar-refractivity contribution >= 4 is 11.7 Å². The lowest BCUT2D eigenvalue weighted by molar-refractivity contribution is 0.0695. The summed E-state index contributed by atoms with van der Waals surface area (Å²) in [6.45, 7) is 4.46. The molecule has 1 aromatic rings. The molecule has 2 aliphatic rings. The first kappa shape index (κ1) is 14.4. The van der Waals surface area contributed by atoms with Crippen molar-refractivity contribution in [3.8, 4) is 0 Å². The Kier molecular flexibility index (Phi) is 3.89. The Morgan fingerprint density at radius 3 is 2.86 bits per heavy atom. The second kappa shape index (κ2) is 5.68. The fourth-order valence-corrected chi connectivity index (χ4v) is 3.78. The smallest absolute Gasteiger partial charge is 0.336 e. The predicted molar refractivity (Wildman–Crippen MR) is 84.2 cm³/mol. The molecule has 4 nitrogen and oxygen atoms in total. The molecule has 1 saturated heterocycles. The number of benzene rings is 1. The topological polar surface area (TPSA) is 43.8 Å². The van der Waals surface area contributed by atoms with Crippen LogP contribution in [0.5, 0.6) is 0 Å². The Balaban J connectivity index is 1.91. The zero-order valence-electron chi connectivity index (χ0n) is 12.9. The van der Waals surface area contributed by atoms with Crippen LogP contribution < -0.4 is 4.90 Å². The minimum Gasteiger partial charge on any atom is -0.478 e. The summed E-state index contributed by atoms with van der Waals surface area (Å²) in [6.07, 6.45) is 4.26. The highest BCUT2D eigenvalue weighted by atomic mass is 16.4. The molecule has 3 rings (SSSR count). The largest absolute Gasteiger partial charge is 0.478 e. The van der Waals surface area contributed by atoms with E-state index in [1.165, 1.54) is 0 Å². The molecule has 1 N–H and O–H groups in total. The Bertz CT molecular complexity index is 544. The number of carboxylic acid groups (broad SMARTS) is 1. The summed E-state index contributed by atoms with van der Waals surface area (Å²) in [4.78, 5) is 16.3. The average Bonchev–Trinajstić information content (AvgIpc) is 2.48. The van der Waals surface area contributed by atoms with Crippen LogP contribution in [0.25, 0.3) is 0 Å². The molecule has 0 radical (unpaired) electrons. The highest BCUT2D eigenvalue weighted by molar-refractivity contribution is 5.91. The first-order valence-corrected chi connectivity index (χ1v) is 7.90. The van der Waals surface area contributed by atoms with Crippen molar-refractivity contribution in [3.63, 3.8) is 0 Å². The van der Waals surface area contributed by atoms with Gasteiger partial charge in [0.2, 0.25) is 0 Å². The Morgan fingerprint density at radius 1 is 1.33 bits per heavy atom. The first-order valence-electron chi connectivity index (χ1n) is 7.90. The number of carboxylic acids is 1. The summed E-state index contributed by atoms with van der Waals surface area (Å²) >= 11 is 0. The highest BCUT2D eigenvalue weighted by Crippen LogP contribution is 2.34. The normalized spacial score (nSPS) is 26.5. The van der Waals surface area contributed by atoms with E-state index in [0.717, 1.165) is 50.0 Å². The molecule has 0 aromatic heterocycles. The molecular weight excluding hydrogens is 264 g/mol. The number of piperidine rings is 1. The van der Waals surface area contributed by atoms with Crippen LogP contribution in [0.4, 0.5) is 5.69 Å². The number of likely N-dealkylation sites (tertiary alicyclic amines) is 1. The number of aromatic carboxylic acids is 1. The van der Waals surface area contributed by atoms with Crippen LogP contribution in [0.1, 0.15) is 42.1 Å². The number of hydrogen-bond donors (Lipinski definition) is 1. The predicted octanol–water partition coefficient (Wildman–Crippen LogP) is 2.62. The van der Waals surface area contributed by atoms with E-state index in [1.807, 2.05) is 6.07 Å². The number of carbonyl (C=O) groups is 1. The maximum absolute atomic E-state index is 11.4. The summed E-state index contributed by atoms with van der Waals surface area (Å²) in [5.41, 5.74) is 2.67. The summed E-state index contributed by atoms with van der Waals surface area (Å²) < 4.78 is 0. The molecule has 1 aromatic carbocycles. The number of rotatable bonds is 2. The van der Waals surface area contributed by atoms with Crippen molar-refractivity contribution in [1.82, 2.24) is 4.90 Å². The van der Waals surface area contributed by atoms with Crippen molar-refractivity contribution in [2.75, 3.05) is 25.0 Å². The van der Waals surface area contributed by atoms with E-state index in [0.29, 0.717) is 17.6 Å². The summed E-state index contributed by atoms with van der Waals surface area (Å²) in [7, 11) is 2.19. The van der Waals surface area contributed by atoms with Gasteiger partial charge in [-0.3, -0.25) is 0 Å². The van der Waals surface area contributed by atoms with Crippen LogP contribution in [0.3, 0.4) is 0 Å². The van der Waals surface area contributed by atoms with Gasteiger partial charge in [0.05, 0.1) is 5.56 Å². The Labute approximate surface area is 126 Å². The Morgan fingerprint density at radius 2 is 2.14 bits per heavy atom. The monoisotopic (exact) mass is 288 g/mol. The van der Waals surface area contributed by atoms with Gasteiger partial charge in [0, 0.05) is 30.9 Å². The molecule has 0 bridgehead atoms. The zero-order valence-corrected chi connectivity index (χ0v) is 12.9. The highest BCUT2D eigenvalue weighted by Gasteiger charge is 2.31. The molecule has 0 spiro atoms. The molecule has 1 fully saturated rings. The lowest BCUT2D eigenvalue weighted by Crippen LogP contribution is -2.49. The van der Waals surface area contributed by atoms with Gasteiger partial charge in [-0.15, -0.1) is 0 Å². The van der Waals surface area contributed by atoms with E-state index < -0.39 is 5.97 Å². The van der Waals surface area contributed by atoms with E-state index >= 15 is 0 Å². The van der Waals surface area contributed by atoms with E-state index in [-0.39, 0.29) is 0 Å². The molecule has 0 aliphatic carbocycles. The van der Waals surface area contributed by atoms with Gasteiger partial charge in [-0.1, -0.05) is 6.07 Å². The maximum Gasteiger partial charge on any atom is 0.336 e. The fourth-order valence-electron chi connectivity index (χ4n) is 3.78. The van der Waals surface area contributed by atoms with Crippen molar-refractivity contribution in [2.24, 2.45) is 0 Å². The number of anilines is 1. The third-order valence-electron chi connectivity index (χ3n) is 5.14. The second-order valence-corrected chi connectivity index (χ2v) is 6.41. The molecule has 21 heavy (non-hydrogen) atoms. The van der Waals surface area contributed by atoms with Crippen LogP contribution in [0.15, 0.2) is 18.2 Å². The van der Waals surface area contributed by atoms with E-state index in [2.05, 4.69) is 29.8 Å². The summed E-state index contributed by atoms with van der Waals surface area (Å²) in [6, 6.07) is 6.86. The molecule has 2 aliphatic heterocycles.